The predicted molar refractivity (Wildman–Crippen MR) is 50.6 cm³/mol. The topological polar surface area (TPSA) is 38.7 Å². The van der Waals surface area contributed by atoms with Gasteiger partial charge in [0.05, 0.1) is 17.7 Å². The molecule has 68 valence electrons. The lowest BCUT2D eigenvalue weighted by atomic mass is 10.2. The highest BCUT2D eigenvalue weighted by molar-refractivity contribution is 8.15. The Balaban J connectivity index is 2.51. The number of nitrogens with zero attached hydrogens (tertiary/aromatic N) is 1. The lowest BCUT2D eigenvalue weighted by molar-refractivity contribution is -0.142. The molecule has 0 radical (unpaired) electrons. The quantitative estimate of drug-likeness (QED) is 0.614. The van der Waals surface area contributed by atoms with Crippen molar-refractivity contribution in [2.75, 3.05) is 6.61 Å². The van der Waals surface area contributed by atoms with Gasteiger partial charge in [-0.25, -0.2) is 0 Å². The zero-order valence-corrected chi connectivity index (χ0v) is 8.35. The summed E-state index contributed by atoms with van der Waals surface area (Å²) in [5.41, 5.74) is 0. The lowest BCUT2D eigenvalue weighted by Gasteiger charge is -2.10. The van der Waals surface area contributed by atoms with Gasteiger partial charge in [0.25, 0.3) is 0 Å². The van der Waals surface area contributed by atoms with Crippen molar-refractivity contribution in [2.24, 2.45) is 4.99 Å². The molecule has 0 amide bonds. The Morgan fingerprint density at radius 2 is 2.42 bits per heavy atom. The standard InChI is InChI=1S/C8H13NO2S/c1-4-11-8(10)7-5(2)9-6(3)12-7/h5,7H,4H2,1-3H3/t5-,7+/m1/s1. The zero-order valence-electron chi connectivity index (χ0n) is 7.53. The second-order valence-electron chi connectivity index (χ2n) is 2.68. The monoisotopic (exact) mass is 187 g/mol. The van der Waals surface area contributed by atoms with Crippen molar-refractivity contribution in [3.8, 4) is 0 Å². The number of carbonyl (C=O) groups is 1. The van der Waals surface area contributed by atoms with Crippen molar-refractivity contribution in [1.29, 1.82) is 0 Å². The first-order valence-corrected chi connectivity index (χ1v) is 4.90. The van der Waals surface area contributed by atoms with Gasteiger partial charge in [-0.2, -0.15) is 0 Å². The second kappa shape index (κ2) is 3.94. The van der Waals surface area contributed by atoms with Gasteiger partial charge in [-0.05, 0) is 20.8 Å². The molecule has 0 spiro atoms. The molecule has 12 heavy (non-hydrogen) atoms. The van der Waals surface area contributed by atoms with E-state index < -0.39 is 0 Å². The van der Waals surface area contributed by atoms with Crippen molar-refractivity contribution in [2.45, 2.75) is 32.1 Å². The summed E-state index contributed by atoms with van der Waals surface area (Å²) in [4.78, 5) is 15.5. The molecule has 0 aromatic carbocycles. The third-order valence-electron chi connectivity index (χ3n) is 1.64. The van der Waals surface area contributed by atoms with Gasteiger partial charge in [-0.3, -0.25) is 9.79 Å². The first-order valence-electron chi connectivity index (χ1n) is 4.03. The Bertz CT molecular complexity index is 215. The third kappa shape index (κ3) is 2.00. The minimum atomic E-state index is -0.143. The summed E-state index contributed by atoms with van der Waals surface area (Å²) in [5, 5.41) is 0.852. The van der Waals surface area contributed by atoms with Gasteiger partial charge in [-0.1, -0.05) is 11.8 Å². The summed E-state index contributed by atoms with van der Waals surface area (Å²) in [6, 6.07) is 0.0639. The van der Waals surface area contributed by atoms with E-state index in [1.807, 2.05) is 20.8 Å². The Labute approximate surface area is 76.6 Å². The fraction of sp³-hybridized carbons (Fsp3) is 0.750. The van der Waals surface area contributed by atoms with Crippen LogP contribution in [0.4, 0.5) is 0 Å². The van der Waals surface area contributed by atoms with Crippen molar-refractivity contribution in [3.05, 3.63) is 0 Å². The zero-order chi connectivity index (χ0) is 9.14. The van der Waals surface area contributed by atoms with Gasteiger partial charge in [0.2, 0.25) is 0 Å². The van der Waals surface area contributed by atoms with Crippen molar-refractivity contribution >= 4 is 22.8 Å². The Kier molecular flexibility index (Phi) is 3.14. The maximum atomic E-state index is 11.3. The normalized spacial score (nSPS) is 28.4. The van der Waals surface area contributed by atoms with Gasteiger partial charge in [0.15, 0.2) is 0 Å². The van der Waals surface area contributed by atoms with E-state index in [4.69, 9.17) is 4.74 Å². The van der Waals surface area contributed by atoms with Gasteiger partial charge >= 0.3 is 5.97 Å². The fourth-order valence-corrected chi connectivity index (χ4v) is 2.15. The molecule has 1 rings (SSSR count). The number of thioether (sulfide) groups is 1. The maximum Gasteiger partial charge on any atom is 0.321 e. The molecule has 1 heterocycles. The van der Waals surface area contributed by atoms with Crippen LogP contribution in [0.15, 0.2) is 4.99 Å². The number of esters is 1. The Morgan fingerprint density at radius 3 is 2.83 bits per heavy atom. The number of hydrogen-bond donors (Lipinski definition) is 0. The van der Waals surface area contributed by atoms with Gasteiger partial charge < -0.3 is 4.74 Å². The van der Waals surface area contributed by atoms with Crippen LogP contribution in [-0.2, 0) is 9.53 Å². The number of carbonyl (C=O) groups excluding carboxylic acids is 1. The lowest BCUT2D eigenvalue weighted by Crippen LogP contribution is -2.26. The first kappa shape index (κ1) is 9.58. The largest absolute Gasteiger partial charge is 0.465 e. The molecule has 0 bridgehead atoms. The summed E-state index contributed by atoms with van der Waals surface area (Å²) in [6.07, 6.45) is 0. The summed E-state index contributed by atoms with van der Waals surface area (Å²) in [7, 11) is 0. The average Bonchev–Trinajstić information content (AvgIpc) is 2.30. The van der Waals surface area contributed by atoms with Crippen LogP contribution in [0.25, 0.3) is 0 Å². The smallest absolute Gasteiger partial charge is 0.321 e. The SMILES string of the molecule is CCOC(=O)[C@H]1SC(C)=N[C@@H]1C. The molecule has 0 aliphatic carbocycles. The summed E-state index contributed by atoms with van der Waals surface area (Å²) >= 11 is 1.50. The van der Waals surface area contributed by atoms with Crippen LogP contribution >= 0.6 is 11.8 Å². The summed E-state index contributed by atoms with van der Waals surface area (Å²) in [6.45, 7) is 6.11. The van der Waals surface area contributed by atoms with Crippen LogP contribution in [0.5, 0.6) is 0 Å². The van der Waals surface area contributed by atoms with E-state index in [2.05, 4.69) is 4.99 Å². The fourth-order valence-electron chi connectivity index (χ4n) is 1.14. The number of hydrogen-bond acceptors (Lipinski definition) is 4. The summed E-state index contributed by atoms with van der Waals surface area (Å²) in [5.74, 6) is -0.143. The minimum Gasteiger partial charge on any atom is -0.465 e. The molecule has 3 nitrogen and oxygen atoms in total. The molecule has 4 heteroatoms. The molecule has 0 unspecified atom stereocenters. The first-order chi connectivity index (χ1) is 5.65. The molecule has 0 saturated carbocycles. The molecule has 0 aromatic heterocycles. The Morgan fingerprint density at radius 1 is 1.75 bits per heavy atom. The highest BCUT2D eigenvalue weighted by Gasteiger charge is 2.32. The average molecular weight is 187 g/mol. The van der Waals surface area contributed by atoms with Crippen LogP contribution in [0.3, 0.4) is 0 Å². The summed E-state index contributed by atoms with van der Waals surface area (Å²) < 4.78 is 4.91. The molecule has 0 saturated heterocycles. The van der Waals surface area contributed by atoms with Crippen LogP contribution in [0, 0.1) is 0 Å². The van der Waals surface area contributed by atoms with E-state index >= 15 is 0 Å². The van der Waals surface area contributed by atoms with Gasteiger partial charge in [0, 0.05) is 0 Å². The van der Waals surface area contributed by atoms with Crippen LogP contribution in [0.2, 0.25) is 0 Å². The Hall–Kier alpha value is -0.510. The molecule has 2 atom stereocenters. The van der Waals surface area contributed by atoms with Gasteiger partial charge in [-0.15, -0.1) is 0 Å². The maximum absolute atomic E-state index is 11.3. The molecule has 1 aliphatic rings. The number of rotatable bonds is 2. The van der Waals surface area contributed by atoms with Crippen LogP contribution < -0.4 is 0 Å². The molecule has 0 aromatic rings. The highest BCUT2D eigenvalue weighted by Crippen LogP contribution is 2.27. The van der Waals surface area contributed by atoms with E-state index in [-0.39, 0.29) is 17.3 Å². The van der Waals surface area contributed by atoms with E-state index in [1.54, 1.807) is 0 Å². The van der Waals surface area contributed by atoms with E-state index in [1.165, 1.54) is 11.8 Å². The van der Waals surface area contributed by atoms with Crippen LogP contribution in [0.1, 0.15) is 20.8 Å². The molecule has 0 fully saturated rings. The van der Waals surface area contributed by atoms with Crippen molar-refractivity contribution in [1.82, 2.24) is 0 Å². The molecular formula is C8H13NO2S. The third-order valence-corrected chi connectivity index (χ3v) is 2.93. The second-order valence-corrected chi connectivity index (χ2v) is 4.01. The van der Waals surface area contributed by atoms with E-state index in [9.17, 15) is 4.79 Å². The van der Waals surface area contributed by atoms with E-state index in [0.29, 0.717) is 6.61 Å². The molecule has 1 aliphatic heterocycles. The van der Waals surface area contributed by atoms with Crippen molar-refractivity contribution in [3.63, 3.8) is 0 Å². The molecule has 0 N–H and O–H groups in total. The predicted octanol–water partition coefficient (Wildman–Crippen LogP) is 1.47. The number of ether oxygens (including phenoxy) is 1. The van der Waals surface area contributed by atoms with Crippen LogP contribution in [-0.4, -0.2) is 28.9 Å². The highest BCUT2D eigenvalue weighted by atomic mass is 32.2. The van der Waals surface area contributed by atoms with Crippen molar-refractivity contribution < 1.29 is 9.53 Å². The van der Waals surface area contributed by atoms with E-state index in [0.717, 1.165) is 5.04 Å². The molecular weight excluding hydrogens is 174 g/mol. The minimum absolute atomic E-state index is 0.0639. The number of aliphatic imine (C=N–C) groups is 1. The van der Waals surface area contributed by atoms with Gasteiger partial charge in [0.1, 0.15) is 5.25 Å².